The molecule has 18 heavy (non-hydrogen) atoms. The van der Waals surface area contributed by atoms with Crippen LogP contribution in [0.1, 0.15) is 52.4 Å². The van der Waals surface area contributed by atoms with Gasteiger partial charge in [-0.05, 0) is 33.2 Å². The highest BCUT2D eigenvalue weighted by Gasteiger charge is 2.25. The number of imidazole rings is 1. The molecule has 4 heteroatoms. The van der Waals surface area contributed by atoms with Gasteiger partial charge in [-0.3, -0.25) is 0 Å². The average Bonchev–Trinajstić information content (AvgIpc) is 2.86. The van der Waals surface area contributed by atoms with E-state index in [1.54, 1.807) is 0 Å². The first kappa shape index (κ1) is 15.2. The third-order valence-electron chi connectivity index (χ3n) is 3.14. The summed E-state index contributed by atoms with van der Waals surface area (Å²) in [5.41, 5.74) is 0. The van der Waals surface area contributed by atoms with Crippen LogP contribution in [0.2, 0.25) is 0 Å². The maximum absolute atomic E-state index is 5.86. The van der Waals surface area contributed by atoms with E-state index in [4.69, 9.17) is 4.74 Å². The molecule has 2 atom stereocenters. The van der Waals surface area contributed by atoms with Crippen molar-refractivity contribution in [2.45, 2.75) is 59.2 Å². The van der Waals surface area contributed by atoms with Crippen LogP contribution in [0.3, 0.4) is 0 Å². The van der Waals surface area contributed by atoms with Crippen LogP contribution in [-0.2, 0) is 11.3 Å². The van der Waals surface area contributed by atoms with Crippen molar-refractivity contribution in [2.24, 2.45) is 0 Å². The van der Waals surface area contributed by atoms with E-state index < -0.39 is 0 Å². The molecule has 0 aliphatic heterocycles. The quantitative estimate of drug-likeness (QED) is 0.735. The number of nitrogens with one attached hydrogen (secondary N) is 1. The Labute approximate surface area is 111 Å². The molecular weight excluding hydrogens is 226 g/mol. The van der Waals surface area contributed by atoms with Gasteiger partial charge >= 0.3 is 0 Å². The Bertz CT molecular complexity index is 325. The lowest BCUT2D eigenvalue weighted by Gasteiger charge is -2.27. The largest absolute Gasteiger partial charge is 0.376 e. The number of ether oxygens (including phenoxy) is 1. The molecule has 0 aliphatic carbocycles. The second-order valence-corrected chi connectivity index (χ2v) is 4.41. The standard InChI is InChI=1S/C14H27N3O/c1-5-9-15-13(12(6-2)18-8-4)14-16-10-11-17(14)7-3/h10-13,15H,5-9H2,1-4H3. The maximum atomic E-state index is 5.86. The van der Waals surface area contributed by atoms with Crippen molar-refractivity contribution in [2.75, 3.05) is 13.2 Å². The summed E-state index contributed by atoms with van der Waals surface area (Å²) >= 11 is 0. The monoisotopic (exact) mass is 253 g/mol. The summed E-state index contributed by atoms with van der Waals surface area (Å²) in [4.78, 5) is 4.51. The van der Waals surface area contributed by atoms with E-state index in [1.807, 2.05) is 19.3 Å². The van der Waals surface area contributed by atoms with Crippen molar-refractivity contribution in [3.63, 3.8) is 0 Å². The van der Waals surface area contributed by atoms with Gasteiger partial charge in [-0.2, -0.15) is 0 Å². The topological polar surface area (TPSA) is 39.1 Å². The maximum Gasteiger partial charge on any atom is 0.128 e. The first-order chi connectivity index (χ1) is 8.78. The fourth-order valence-electron chi connectivity index (χ4n) is 2.22. The van der Waals surface area contributed by atoms with E-state index in [0.29, 0.717) is 0 Å². The first-order valence-corrected chi connectivity index (χ1v) is 7.14. The lowest BCUT2D eigenvalue weighted by atomic mass is 10.1. The Kier molecular flexibility index (Phi) is 6.98. The summed E-state index contributed by atoms with van der Waals surface area (Å²) in [7, 11) is 0. The zero-order chi connectivity index (χ0) is 13.4. The van der Waals surface area contributed by atoms with Crippen molar-refractivity contribution in [3.8, 4) is 0 Å². The second-order valence-electron chi connectivity index (χ2n) is 4.41. The molecule has 4 nitrogen and oxygen atoms in total. The molecule has 0 fully saturated rings. The highest BCUT2D eigenvalue weighted by molar-refractivity contribution is 5.02. The van der Waals surface area contributed by atoms with Gasteiger partial charge in [-0.25, -0.2) is 4.98 Å². The van der Waals surface area contributed by atoms with E-state index in [1.165, 1.54) is 0 Å². The van der Waals surface area contributed by atoms with Crippen LogP contribution >= 0.6 is 0 Å². The minimum Gasteiger partial charge on any atom is -0.376 e. The molecule has 0 spiro atoms. The van der Waals surface area contributed by atoms with Crippen LogP contribution in [0.15, 0.2) is 12.4 Å². The van der Waals surface area contributed by atoms with Crippen LogP contribution in [0, 0.1) is 0 Å². The molecular formula is C14H27N3O. The Hall–Kier alpha value is -0.870. The highest BCUT2D eigenvalue weighted by atomic mass is 16.5. The number of aromatic nitrogens is 2. The van der Waals surface area contributed by atoms with Gasteiger partial charge in [0.15, 0.2) is 0 Å². The van der Waals surface area contributed by atoms with Crippen LogP contribution in [0.25, 0.3) is 0 Å². The van der Waals surface area contributed by atoms with E-state index in [2.05, 4.69) is 35.6 Å². The van der Waals surface area contributed by atoms with Gasteiger partial charge in [-0.1, -0.05) is 13.8 Å². The molecule has 1 heterocycles. The summed E-state index contributed by atoms with van der Waals surface area (Å²) < 4.78 is 8.05. The fraction of sp³-hybridized carbons (Fsp3) is 0.786. The molecule has 0 radical (unpaired) electrons. The molecule has 1 aromatic rings. The predicted molar refractivity (Wildman–Crippen MR) is 74.6 cm³/mol. The molecule has 0 aromatic carbocycles. The molecule has 1 aromatic heterocycles. The molecule has 0 saturated heterocycles. The van der Waals surface area contributed by atoms with E-state index in [-0.39, 0.29) is 12.1 Å². The number of rotatable bonds is 9. The van der Waals surface area contributed by atoms with Gasteiger partial charge in [0, 0.05) is 25.5 Å². The number of hydrogen-bond acceptors (Lipinski definition) is 3. The lowest BCUT2D eigenvalue weighted by molar-refractivity contribution is 0.0283. The number of nitrogens with zero attached hydrogens (tertiary/aromatic N) is 2. The summed E-state index contributed by atoms with van der Waals surface area (Å²) in [6, 6.07) is 0.185. The third kappa shape index (κ3) is 3.82. The van der Waals surface area contributed by atoms with Gasteiger partial charge in [0.25, 0.3) is 0 Å². The zero-order valence-corrected chi connectivity index (χ0v) is 12.1. The summed E-state index contributed by atoms with van der Waals surface area (Å²) in [5.74, 6) is 1.09. The Morgan fingerprint density at radius 1 is 1.33 bits per heavy atom. The fourth-order valence-corrected chi connectivity index (χ4v) is 2.22. The van der Waals surface area contributed by atoms with Crippen LogP contribution < -0.4 is 5.32 Å². The summed E-state index contributed by atoms with van der Waals surface area (Å²) in [6.07, 6.45) is 6.21. The lowest BCUT2D eigenvalue weighted by Crippen LogP contribution is -2.36. The molecule has 0 saturated carbocycles. The second kappa shape index (κ2) is 8.27. The molecule has 0 amide bonds. The van der Waals surface area contributed by atoms with Crippen molar-refractivity contribution in [3.05, 3.63) is 18.2 Å². The molecule has 2 unspecified atom stereocenters. The van der Waals surface area contributed by atoms with Gasteiger partial charge in [0.05, 0.1) is 12.1 Å². The SMILES string of the molecule is CCCNC(c1nccn1CC)C(CC)OCC. The average molecular weight is 253 g/mol. The minimum absolute atomic E-state index is 0.185. The number of hydrogen-bond donors (Lipinski definition) is 1. The number of aryl methyl sites for hydroxylation is 1. The third-order valence-corrected chi connectivity index (χ3v) is 3.14. The highest BCUT2D eigenvalue weighted by Crippen LogP contribution is 2.20. The van der Waals surface area contributed by atoms with E-state index in [9.17, 15) is 0 Å². The Balaban J connectivity index is 2.88. The first-order valence-electron chi connectivity index (χ1n) is 7.14. The van der Waals surface area contributed by atoms with Gasteiger partial charge in [0.1, 0.15) is 5.82 Å². The minimum atomic E-state index is 0.185. The molecule has 104 valence electrons. The Morgan fingerprint density at radius 2 is 2.11 bits per heavy atom. The Morgan fingerprint density at radius 3 is 2.67 bits per heavy atom. The van der Waals surface area contributed by atoms with E-state index >= 15 is 0 Å². The molecule has 1 N–H and O–H groups in total. The van der Waals surface area contributed by atoms with Crippen LogP contribution in [0.5, 0.6) is 0 Å². The predicted octanol–water partition coefficient (Wildman–Crippen LogP) is 2.76. The summed E-state index contributed by atoms with van der Waals surface area (Å²) in [5, 5.41) is 3.57. The van der Waals surface area contributed by atoms with Crippen LogP contribution in [0.4, 0.5) is 0 Å². The van der Waals surface area contributed by atoms with Crippen molar-refractivity contribution >= 4 is 0 Å². The molecule has 0 aliphatic rings. The van der Waals surface area contributed by atoms with E-state index in [0.717, 1.165) is 38.4 Å². The van der Waals surface area contributed by atoms with Crippen molar-refractivity contribution < 1.29 is 4.74 Å². The van der Waals surface area contributed by atoms with Crippen molar-refractivity contribution in [1.29, 1.82) is 0 Å². The normalized spacial score (nSPS) is 14.7. The van der Waals surface area contributed by atoms with Gasteiger partial charge < -0.3 is 14.6 Å². The van der Waals surface area contributed by atoms with Crippen molar-refractivity contribution in [1.82, 2.24) is 14.9 Å². The molecule has 0 bridgehead atoms. The zero-order valence-electron chi connectivity index (χ0n) is 12.1. The van der Waals surface area contributed by atoms with Crippen LogP contribution in [-0.4, -0.2) is 28.8 Å². The molecule has 1 rings (SSSR count). The smallest absolute Gasteiger partial charge is 0.128 e. The van der Waals surface area contributed by atoms with Gasteiger partial charge in [0.2, 0.25) is 0 Å². The van der Waals surface area contributed by atoms with Gasteiger partial charge in [-0.15, -0.1) is 0 Å². The summed E-state index contributed by atoms with van der Waals surface area (Å²) in [6.45, 7) is 11.2.